The fourth-order valence-electron chi connectivity index (χ4n) is 2.61. The van der Waals surface area contributed by atoms with Crippen LogP contribution in [0.25, 0.3) is 10.8 Å². The number of non-ortho nitro benzene ring substituents is 1. The number of amides is 1. The number of benzene rings is 1. The number of methoxy groups -OCH3 is 1. The van der Waals surface area contributed by atoms with Crippen molar-refractivity contribution in [1.82, 2.24) is 20.1 Å². The van der Waals surface area contributed by atoms with Gasteiger partial charge in [0.15, 0.2) is 0 Å². The average Bonchev–Trinajstić information content (AvgIpc) is 3.08. The number of rotatable bonds is 8. The van der Waals surface area contributed by atoms with Crippen LogP contribution in [0.3, 0.4) is 0 Å². The first kappa shape index (κ1) is 18.3. The lowest BCUT2D eigenvalue weighted by molar-refractivity contribution is -0.383. The van der Waals surface area contributed by atoms with Gasteiger partial charge >= 0.3 is 0 Å². The second-order valence-corrected chi connectivity index (χ2v) is 5.70. The van der Waals surface area contributed by atoms with Gasteiger partial charge in [-0.05, 0) is 12.1 Å². The van der Waals surface area contributed by atoms with E-state index in [1.807, 2.05) is 0 Å². The predicted molar refractivity (Wildman–Crippen MR) is 98.8 cm³/mol. The molecule has 0 fully saturated rings. The molecule has 0 aliphatic heterocycles. The van der Waals surface area contributed by atoms with Crippen LogP contribution in [-0.2, 0) is 16.1 Å². The molecule has 3 aromatic rings. The van der Waals surface area contributed by atoms with E-state index < -0.39 is 4.92 Å². The summed E-state index contributed by atoms with van der Waals surface area (Å²) in [5, 5.41) is 22.3. The monoisotopic (exact) mass is 370 g/mol. The van der Waals surface area contributed by atoms with Crippen molar-refractivity contribution in [1.29, 1.82) is 0 Å². The molecule has 3 rings (SSSR count). The topological polar surface area (TPSA) is 124 Å². The number of aromatic nitrogens is 3. The normalized spacial score (nSPS) is 10.7. The average molecular weight is 370 g/mol. The van der Waals surface area contributed by atoms with Gasteiger partial charge in [-0.3, -0.25) is 24.6 Å². The molecular formula is C17H18N6O4. The second-order valence-electron chi connectivity index (χ2n) is 5.70. The number of hydrogen-bond donors (Lipinski definition) is 2. The first-order chi connectivity index (χ1) is 13.1. The lowest BCUT2D eigenvalue weighted by Crippen LogP contribution is -2.30. The number of nitro groups is 1. The summed E-state index contributed by atoms with van der Waals surface area (Å²) in [6, 6.07) is 4.77. The number of anilines is 2. The van der Waals surface area contributed by atoms with Crippen molar-refractivity contribution in [2.24, 2.45) is 0 Å². The fourth-order valence-corrected chi connectivity index (χ4v) is 2.61. The van der Waals surface area contributed by atoms with Gasteiger partial charge in [0.25, 0.3) is 5.69 Å². The maximum Gasteiger partial charge on any atom is 0.278 e. The third-order valence-electron chi connectivity index (χ3n) is 3.84. The zero-order valence-corrected chi connectivity index (χ0v) is 14.6. The Morgan fingerprint density at radius 3 is 2.93 bits per heavy atom. The van der Waals surface area contributed by atoms with Gasteiger partial charge in [-0.15, -0.1) is 0 Å². The molecule has 2 aromatic heterocycles. The van der Waals surface area contributed by atoms with Crippen LogP contribution in [0.2, 0.25) is 0 Å². The van der Waals surface area contributed by atoms with Crippen molar-refractivity contribution in [3.63, 3.8) is 0 Å². The lowest BCUT2D eigenvalue weighted by atomic mass is 10.1. The Hall–Kier alpha value is -3.53. The number of nitro benzene ring substituents is 1. The highest BCUT2D eigenvalue weighted by Gasteiger charge is 2.15. The van der Waals surface area contributed by atoms with Crippen LogP contribution >= 0.6 is 0 Å². The minimum atomic E-state index is -0.436. The molecule has 0 aliphatic carbocycles. The third kappa shape index (κ3) is 4.36. The molecular weight excluding hydrogens is 352 g/mol. The summed E-state index contributed by atoms with van der Waals surface area (Å²) in [5.74, 6) is -0.173. The molecule has 1 aromatic carbocycles. The van der Waals surface area contributed by atoms with Crippen LogP contribution in [0, 0.1) is 10.1 Å². The molecule has 2 heterocycles. The van der Waals surface area contributed by atoms with Gasteiger partial charge < -0.3 is 15.4 Å². The summed E-state index contributed by atoms with van der Waals surface area (Å²) in [6.45, 7) is 0.959. The number of carbonyl (C=O) groups excluding carboxylic acids is 1. The number of pyridine rings is 1. The molecule has 2 N–H and O–H groups in total. The SMILES string of the molecule is COCCNC(=O)Cn1cc(Nc2ccc([N+](=O)[O-])c3cnccc23)cn1. The van der Waals surface area contributed by atoms with Gasteiger partial charge in [0.05, 0.1) is 28.8 Å². The Morgan fingerprint density at radius 1 is 1.30 bits per heavy atom. The first-order valence-corrected chi connectivity index (χ1v) is 8.14. The van der Waals surface area contributed by atoms with Crippen LogP contribution in [0.1, 0.15) is 0 Å². The van der Waals surface area contributed by atoms with Crippen LogP contribution in [0.4, 0.5) is 17.1 Å². The molecule has 0 aliphatic rings. The molecule has 10 nitrogen and oxygen atoms in total. The van der Waals surface area contributed by atoms with Gasteiger partial charge in [-0.2, -0.15) is 5.10 Å². The lowest BCUT2D eigenvalue weighted by Gasteiger charge is -2.08. The molecule has 0 unspecified atom stereocenters. The number of carbonyl (C=O) groups is 1. The number of ether oxygens (including phenoxy) is 1. The summed E-state index contributed by atoms with van der Waals surface area (Å²) in [7, 11) is 1.57. The van der Waals surface area contributed by atoms with Gasteiger partial charge in [0.1, 0.15) is 6.54 Å². The highest BCUT2D eigenvalue weighted by molar-refractivity contribution is 6.00. The fraction of sp³-hybridized carbons (Fsp3) is 0.235. The van der Waals surface area contributed by atoms with Gasteiger partial charge in [-0.1, -0.05) is 0 Å². The van der Waals surface area contributed by atoms with Crippen LogP contribution in [0.5, 0.6) is 0 Å². The Morgan fingerprint density at radius 2 is 2.15 bits per heavy atom. The highest BCUT2D eigenvalue weighted by Crippen LogP contribution is 2.32. The summed E-state index contributed by atoms with van der Waals surface area (Å²) < 4.78 is 6.38. The van der Waals surface area contributed by atoms with Crippen molar-refractivity contribution >= 4 is 33.7 Å². The van der Waals surface area contributed by atoms with Crippen molar-refractivity contribution in [3.05, 3.63) is 53.1 Å². The van der Waals surface area contributed by atoms with E-state index in [2.05, 4.69) is 20.7 Å². The molecule has 27 heavy (non-hydrogen) atoms. The Labute approximate surface area is 154 Å². The molecule has 140 valence electrons. The maximum absolute atomic E-state index is 11.8. The molecule has 0 saturated heterocycles. The summed E-state index contributed by atoms with van der Waals surface area (Å²) in [6.07, 6.45) is 6.30. The van der Waals surface area contributed by atoms with Crippen LogP contribution in [-0.4, -0.2) is 45.9 Å². The van der Waals surface area contributed by atoms with Crippen LogP contribution < -0.4 is 10.6 Å². The Kier molecular flexibility index (Phi) is 5.57. The Balaban J connectivity index is 1.75. The van der Waals surface area contributed by atoms with E-state index in [4.69, 9.17) is 4.74 Å². The Bertz CT molecular complexity index is 971. The largest absolute Gasteiger partial charge is 0.383 e. The van der Waals surface area contributed by atoms with Crippen molar-refractivity contribution in [2.45, 2.75) is 6.54 Å². The van der Waals surface area contributed by atoms with E-state index in [1.165, 1.54) is 16.9 Å². The molecule has 0 radical (unpaired) electrons. The third-order valence-corrected chi connectivity index (χ3v) is 3.84. The smallest absolute Gasteiger partial charge is 0.278 e. The maximum atomic E-state index is 11.8. The zero-order chi connectivity index (χ0) is 19.2. The highest BCUT2D eigenvalue weighted by atomic mass is 16.6. The van der Waals surface area contributed by atoms with Crippen molar-refractivity contribution < 1.29 is 14.5 Å². The molecule has 1 amide bonds. The molecule has 0 atom stereocenters. The number of fused-ring (bicyclic) bond motifs is 1. The van der Waals surface area contributed by atoms with E-state index in [0.29, 0.717) is 35.3 Å². The van der Waals surface area contributed by atoms with E-state index in [-0.39, 0.29) is 18.1 Å². The minimum absolute atomic E-state index is 0.00734. The summed E-state index contributed by atoms with van der Waals surface area (Å²) in [5.41, 5.74) is 1.33. The summed E-state index contributed by atoms with van der Waals surface area (Å²) >= 11 is 0. The first-order valence-electron chi connectivity index (χ1n) is 8.14. The van der Waals surface area contributed by atoms with Gasteiger partial charge in [0.2, 0.25) is 5.91 Å². The zero-order valence-electron chi connectivity index (χ0n) is 14.6. The molecule has 0 bridgehead atoms. The molecule has 0 saturated carbocycles. The van der Waals surface area contributed by atoms with E-state index in [9.17, 15) is 14.9 Å². The van der Waals surface area contributed by atoms with E-state index in [0.717, 1.165) is 0 Å². The molecule has 10 heteroatoms. The van der Waals surface area contributed by atoms with Crippen LogP contribution in [0.15, 0.2) is 43.0 Å². The quantitative estimate of drug-likeness (QED) is 0.352. The van der Waals surface area contributed by atoms with E-state index >= 15 is 0 Å². The minimum Gasteiger partial charge on any atom is -0.383 e. The standard InChI is InChI=1S/C17H18N6O4/c1-27-7-6-19-17(24)11-22-10-12(8-20-22)21-15-2-3-16(23(25)26)14-9-18-5-4-13(14)15/h2-5,8-10,21H,6-7,11H2,1H3,(H,19,24). The number of nitrogens with one attached hydrogen (secondary N) is 2. The number of hydrogen-bond acceptors (Lipinski definition) is 7. The second kappa shape index (κ2) is 8.23. The van der Waals surface area contributed by atoms with Crippen molar-refractivity contribution in [2.75, 3.05) is 25.6 Å². The van der Waals surface area contributed by atoms with E-state index in [1.54, 1.807) is 37.8 Å². The predicted octanol–water partition coefficient (Wildman–Crippen LogP) is 1.85. The van der Waals surface area contributed by atoms with Gasteiger partial charge in [-0.25, -0.2) is 0 Å². The number of nitrogens with zero attached hydrogens (tertiary/aromatic N) is 4. The molecule has 0 spiro atoms. The van der Waals surface area contributed by atoms with Gasteiger partial charge in [0, 0.05) is 49.4 Å². The summed E-state index contributed by atoms with van der Waals surface area (Å²) in [4.78, 5) is 26.5. The van der Waals surface area contributed by atoms with Crippen molar-refractivity contribution in [3.8, 4) is 0 Å².